The number of aliphatic carboxylic acids is 1. The number of carbonyl (C=O) groups is 1. The number of fused-ring (bicyclic) bond motifs is 1. The largest absolute Gasteiger partial charge is 0.496 e. The van der Waals surface area contributed by atoms with Gasteiger partial charge in [-0.3, -0.25) is 0 Å². The summed E-state index contributed by atoms with van der Waals surface area (Å²) in [4.78, 5) is 10.9. The zero-order valence-electron chi connectivity index (χ0n) is 7.16. The average molecular weight is 302 g/mol. The lowest BCUT2D eigenvalue weighted by Gasteiger charge is -2.15. The van der Waals surface area contributed by atoms with Crippen LogP contribution in [0.3, 0.4) is 0 Å². The van der Waals surface area contributed by atoms with Crippen LogP contribution in [-0.2, 0) is 16.1 Å². The molecular weight excluding hydrogens is 295 g/mol. The first kappa shape index (κ1) is 9.51. The molecule has 1 aromatic carbocycles. The maximum absolute atomic E-state index is 10.9. The number of halogens is 1. The predicted molar refractivity (Wildman–Crippen MR) is 59.6 cm³/mol. The molecule has 2 rings (SSSR count). The minimum absolute atomic E-state index is 0.227. The van der Waals surface area contributed by atoms with Gasteiger partial charge in [-0.05, 0) is 45.9 Å². The Morgan fingerprint density at radius 3 is 3.00 bits per heavy atom. The van der Waals surface area contributed by atoms with E-state index in [-0.39, 0.29) is 5.57 Å². The lowest BCUT2D eigenvalue weighted by molar-refractivity contribution is -0.130. The third-order valence-corrected chi connectivity index (χ3v) is 2.70. The average Bonchev–Trinajstić information content (AvgIpc) is 2.16. The summed E-state index contributed by atoms with van der Waals surface area (Å²) in [6.07, 6.45) is 1.31. The van der Waals surface area contributed by atoms with Gasteiger partial charge in [-0.15, -0.1) is 0 Å². The zero-order valence-corrected chi connectivity index (χ0v) is 9.32. The van der Waals surface area contributed by atoms with Crippen LogP contribution in [0.1, 0.15) is 11.1 Å². The fraction of sp³-hybridized carbons (Fsp3) is 0.100. The fourth-order valence-corrected chi connectivity index (χ4v) is 1.86. The molecule has 14 heavy (non-hydrogen) atoms. The number of ether oxygens (including phenoxy) is 1. The molecular formula is C10H7IO3. The van der Waals surface area contributed by atoms with Crippen molar-refractivity contribution in [2.45, 2.75) is 6.61 Å². The summed E-state index contributed by atoms with van der Waals surface area (Å²) >= 11 is 2.16. The van der Waals surface area contributed by atoms with E-state index in [1.807, 2.05) is 18.2 Å². The zero-order chi connectivity index (χ0) is 10.1. The van der Waals surface area contributed by atoms with Gasteiger partial charge in [0.1, 0.15) is 12.2 Å². The highest BCUT2D eigenvalue weighted by atomic mass is 127. The fourth-order valence-electron chi connectivity index (χ4n) is 1.37. The van der Waals surface area contributed by atoms with Crippen molar-refractivity contribution in [2.24, 2.45) is 0 Å². The van der Waals surface area contributed by atoms with E-state index < -0.39 is 5.97 Å². The lowest BCUT2D eigenvalue weighted by Crippen LogP contribution is -2.08. The molecule has 0 atom stereocenters. The summed E-state index contributed by atoms with van der Waals surface area (Å²) in [5.74, 6) is -0.951. The van der Waals surface area contributed by atoms with Crippen molar-refractivity contribution in [3.05, 3.63) is 39.2 Å². The number of carboxylic acid groups (broad SMARTS) is 1. The highest BCUT2D eigenvalue weighted by Gasteiger charge is 2.19. The van der Waals surface area contributed by atoms with E-state index in [1.54, 1.807) is 0 Å². The molecule has 0 spiro atoms. The summed E-state index contributed by atoms with van der Waals surface area (Å²) in [6, 6.07) is 5.69. The van der Waals surface area contributed by atoms with Crippen LogP contribution < -0.4 is 0 Å². The molecule has 1 aliphatic heterocycles. The van der Waals surface area contributed by atoms with Crippen LogP contribution in [0.2, 0.25) is 0 Å². The Labute approximate surface area is 94.5 Å². The van der Waals surface area contributed by atoms with Crippen LogP contribution in [0.4, 0.5) is 0 Å². The second-order valence-corrected chi connectivity index (χ2v) is 4.19. The Bertz CT molecular complexity index is 423. The molecule has 0 unspecified atom stereocenters. The first-order valence-corrected chi connectivity index (χ1v) is 5.10. The smallest absolute Gasteiger partial charge is 0.339 e. The van der Waals surface area contributed by atoms with Gasteiger partial charge in [0.15, 0.2) is 0 Å². The minimum Gasteiger partial charge on any atom is -0.496 e. The van der Waals surface area contributed by atoms with Crippen molar-refractivity contribution in [3.8, 4) is 0 Å². The second-order valence-electron chi connectivity index (χ2n) is 2.95. The predicted octanol–water partition coefficient (Wildman–Crippen LogP) is 2.25. The molecule has 1 aliphatic rings. The Hall–Kier alpha value is -1.04. The normalized spacial score (nSPS) is 13.9. The highest BCUT2D eigenvalue weighted by Crippen LogP contribution is 2.26. The molecule has 0 fully saturated rings. The van der Waals surface area contributed by atoms with Gasteiger partial charge in [0.05, 0.1) is 6.26 Å². The molecule has 0 amide bonds. The van der Waals surface area contributed by atoms with Gasteiger partial charge in [0.2, 0.25) is 0 Å². The summed E-state index contributed by atoms with van der Waals surface area (Å²) in [5.41, 5.74) is 1.91. The van der Waals surface area contributed by atoms with Gasteiger partial charge in [-0.25, -0.2) is 4.79 Å². The number of hydrogen-bond donors (Lipinski definition) is 1. The summed E-state index contributed by atoms with van der Waals surface area (Å²) in [5, 5.41) is 8.93. The first-order chi connectivity index (χ1) is 6.68. The molecule has 0 aromatic heterocycles. The van der Waals surface area contributed by atoms with E-state index in [2.05, 4.69) is 22.6 Å². The molecule has 0 saturated carbocycles. The molecule has 4 heteroatoms. The van der Waals surface area contributed by atoms with E-state index in [4.69, 9.17) is 9.84 Å². The molecule has 1 N–H and O–H groups in total. The minimum atomic E-state index is -0.951. The number of benzene rings is 1. The van der Waals surface area contributed by atoms with Crippen LogP contribution in [-0.4, -0.2) is 11.1 Å². The topological polar surface area (TPSA) is 46.5 Å². The molecule has 0 radical (unpaired) electrons. The Morgan fingerprint density at radius 1 is 1.50 bits per heavy atom. The van der Waals surface area contributed by atoms with E-state index in [0.717, 1.165) is 14.7 Å². The van der Waals surface area contributed by atoms with Crippen molar-refractivity contribution < 1.29 is 14.6 Å². The van der Waals surface area contributed by atoms with E-state index in [1.165, 1.54) is 6.26 Å². The summed E-state index contributed by atoms with van der Waals surface area (Å²) in [6.45, 7) is 0.447. The second kappa shape index (κ2) is 3.61. The van der Waals surface area contributed by atoms with Crippen LogP contribution in [0.25, 0.3) is 5.57 Å². The summed E-state index contributed by atoms with van der Waals surface area (Å²) < 4.78 is 6.09. The van der Waals surface area contributed by atoms with Gasteiger partial charge < -0.3 is 9.84 Å². The molecule has 0 aliphatic carbocycles. The number of hydrogen-bond acceptors (Lipinski definition) is 2. The van der Waals surface area contributed by atoms with Crippen LogP contribution >= 0.6 is 22.6 Å². The summed E-state index contributed by atoms with van der Waals surface area (Å²) in [7, 11) is 0. The van der Waals surface area contributed by atoms with Gasteiger partial charge >= 0.3 is 5.97 Å². The van der Waals surface area contributed by atoms with Crippen LogP contribution in [0.15, 0.2) is 24.5 Å². The Balaban J connectivity index is 2.56. The quantitative estimate of drug-likeness (QED) is 0.809. The van der Waals surface area contributed by atoms with E-state index in [9.17, 15) is 4.79 Å². The van der Waals surface area contributed by atoms with Crippen molar-refractivity contribution in [1.29, 1.82) is 0 Å². The van der Waals surface area contributed by atoms with Crippen molar-refractivity contribution in [1.82, 2.24) is 0 Å². The van der Waals surface area contributed by atoms with Crippen LogP contribution in [0.5, 0.6) is 0 Å². The molecule has 72 valence electrons. The SMILES string of the molecule is O=C(O)C1=COCc2ccc(I)cc21. The Kier molecular flexibility index (Phi) is 2.45. The van der Waals surface area contributed by atoms with Crippen molar-refractivity contribution >= 4 is 34.1 Å². The first-order valence-electron chi connectivity index (χ1n) is 4.02. The molecule has 0 saturated heterocycles. The molecule has 0 bridgehead atoms. The third kappa shape index (κ3) is 1.61. The van der Waals surface area contributed by atoms with Crippen LogP contribution in [0, 0.1) is 3.57 Å². The monoisotopic (exact) mass is 302 g/mol. The third-order valence-electron chi connectivity index (χ3n) is 2.03. The van der Waals surface area contributed by atoms with Crippen molar-refractivity contribution in [3.63, 3.8) is 0 Å². The van der Waals surface area contributed by atoms with Gasteiger partial charge in [0.25, 0.3) is 0 Å². The number of rotatable bonds is 1. The maximum atomic E-state index is 10.9. The molecule has 1 aromatic rings. The van der Waals surface area contributed by atoms with Gasteiger partial charge in [-0.1, -0.05) is 6.07 Å². The molecule has 1 heterocycles. The number of carboxylic acids is 1. The Morgan fingerprint density at radius 2 is 2.29 bits per heavy atom. The van der Waals surface area contributed by atoms with Gasteiger partial charge in [-0.2, -0.15) is 0 Å². The van der Waals surface area contributed by atoms with Crippen molar-refractivity contribution in [2.75, 3.05) is 0 Å². The van der Waals surface area contributed by atoms with Gasteiger partial charge in [0, 0.05) is 3.57 Å². The van der Waals surface area contributed by atoms with E-state index >= 15 is 0 Å². The maximum Gasteiger partial charge on any atom is 0.339 e. The highest BCUT2D eigenvalue weighted by molar-refractivity contribution is 14.1. The standard InChI is InChI=1S/C10H7IO3/c11-7-2-1-6-4-14-5-9(10(12)13)8(6)3-7/h1-3,5H,4H2,(H,12,13). The van der Waals surface area contributed by atoms with E-state index in [0.29, 0.717) is 6.61 Å². The molecule has 3 nitrogen and oxygen atoms in total. The lowest BCUT2D eigenvalue weighted by atomic mass is 10.00.